The molecule has 23 heavy (non-hydrogen) atoms. The molecule has 1 fully saturated rings. The SMILES string of the molecule is COc1cc(NC2CCN(c3nc(C)cc(C)n3)CC2)ncn1. The van der Waals surface area contributed by atoms with Gasteiger partial charge in [0.25, 0.3) is 0 Å². The molecular formula is C16H22N6O. The van der Waals surface area contributed by atoms with Gasteiger partial charge < -0.3 is 15.0 Å². The Balaban J connectivity index is 1.59. The molecule has 1 aliphatic rings. The van der Waals surface area contributed by atoms with Crippen molar-refractivity contribution in [2.24, 2.45) is 0 Å². The van der Waals surface area contributed by atoms with Crippen LogP contribution in [0.25, 0.3) is 0 Å². The van der Waals surface area contributed by atoms with Crippen molar-refractivity contribution in [2.45, 2.75) is 32.7 Å². The molecule has 0 radical (unpaired) electrons. The Morgan fingerprint density at radius 3 is 2.43 bits per heavy atom. The highest BCUT2D eigenvalue weighted by Gasteiger charge is 2.21. The number of ether oxygens (including phenoxy) is 1. The second-order valence-electron chi connectivity index (χ2n) is 5.80. The van der Waals surface area contributed by atoms with Gasteiger partial charge in [0, 0.05) is 36.6 Å². The summed E-state index contributed by atoms with van der Waals surface area (Å²) in [5.74, 6) is 2.21. The lowest BCUT2D eigenvalue weighted by Crippen LogP contribution is -2.40. The second kappa shape index (κ2) is 6.76. The molecule has 0 atom stereocenters. The van der Waals surface area contributed by atoms with Crippen LogP contribution >= 0.6 is 0 Å². The van der Waals surface area contributed by atoms with E-state index >= 15 is 0 Å². The third-order valence-electron chi connectivity index (χ3n) is 3.95. The van der Waals surface area contributed by atoms with Gasteiger partial charge in [0.2, 0.25) is 11.8 Å². The van der Waals surface area contributed by atoms with Crippen LogP contribution < -0.4 is 15.0 Å². The van der Waals surface area contributed by atoms with E-state index in [0.29, 0.717) is 11.9 Å². The van der Waals surface area contributed by atoms with Crippen molar-refractivity contribution in [3.63, 3.8) is 0 Å². The highest BCUT2D eigenvalue weighted by molar-refractivity contribution is 5.39. The highest BCUT2D eigenvalue weighted by atomic mass is 16.5. The largest absolute Gasteiger partial charge is 0.481 e. The van der Waals surface area contributed by atoms with Gasteiger partial charge >= 0.3 is 0 Å². The first-order chi connectivity index (χ1) is 11.1. The van der Waals surface area contributed by atoms with Crippen LogP contribution in [0, 0.1) is 13.8 Å². The lowest BCUT2D eigenvalue weighted by molar-refractivity contribution is 0.397. The summed E-state index contributed by atoms with van der Waals surface area (Å²) in [7, 11) is 1.61. The zero-order chi connectivity index (χ0) is 16.2. The number of methoxy groups -OCH3 is 1. The number of hydrogen-bond donors (Lipinski definition) is 1. The van der Waals surface area contributed by atoms with Crippen LogP contribution in [-0.4, -0.2) is 46.2 Å². The molecule has 1 N–H and O–H groups in total. The van der Waals surface area contributed by atoms with Crippen LogP contribution in [0.2, 0.25) is 0 Å². The topological polar surface area (TPSA) is 76.1 Å². The molecule has 0 amide bonds. The Kier molecular flexibility index (Phi) is 4.55. The first-order valence-electron chi connectivity index (χ1n) is 7.84. The minimum Gasteiger partial charge on any atom is -0.481 e. The van der Waals surface area contributed by atoms with Gasteiger partial charge in [-0.15, -0.1) is 0 Å². The van der Waals surface area contributed by atoms with E-state index in [-0.39, 0.29) is 0 Å². The highest BCUT2D eigenvalue weighted by Crippen LogP contribution is 2.20. The number of hydrogen-bond acceptors (Lipinski definition) is 7. The molecule has 0 spiro atoms. The predicted octanol–water partition coefficient (Wildman–Crippen LogP) is 1.97. The Hall–Kier alpha value is -2.44. The molecular weight excluding hydrogens is 292 g/mol. The minimum atomic E-state index is 0.386. The second-order valence-corrected chi connectivity index (χ2v) is 5.80. The number of anilines is 2. The number of aromatic nitrogens is 4. The molecule has 3 heterocycles. The van der Waals surface area contributed by atoms with Crippen LogP contribution in [0.15, 0.2) is 18.5 Å². The monoisotopic (exact) mass is 314 g/mol. The van der Waals surface area contributed by atoms with Gasteiger partial charge in [-0.3, -0.25) is 0 Å². The van der Waals surface area contributed by atoms with E-state index in [4.69, 9.17) is 4.74 Å². The number of nitrogens with one attached hydrogen (secondary N) is 1. The first kappa shape index (κ1) is 15.5. The normalized spacial score (nSPS) is 15.5. The molecule has 3 rings (SSSR count). The van der Waals surface area contributed by atoms with E-state index in [0.717, 1.165) is 49.1 Å². The van der Waals surface area contributed by atoms with Gasteiger partial charge in [0.05, 0.1) is 7.11 Å². The fourth-order valence-electron chi connectivity index (χ4n) is 2.81. The molecule has 0 unspecified atom stereocenters. The third-order valence-corrected chi connectivity index (χ3v) is 3.95. The molecule has 0 aromatic carbocycles. The van der Waals surface area contributed by atoms with Gasteiger partial charge in [-0.25, -0.2) is 19.9 Å². The van der Waals surface area contributed by atoms with Gasteiger partial charge in [0.1, 0.15) is 12.1 Å². The molecule has 7 heteroatoms. The average Bonchev–Trinajstić information content (AvgIpc) is 2.55. The van der Waals surface area contributed by atoms with Gasteiger partial charge in [-0.1, -0.05) is 0 Å². The van der Waals surface area contributed by atoms with E-state index < -0.39 is 0 Å². The van der Waals surface area contributed by atoms with Crippen molar-refractivity contribution in [2.75, 3.05) is 30.4 Å². The van der Waals surface area contributed by atoms with Crippen molar-refractivity contribution in [1.29, 1.82) is 0 Å². The number of rotatable bonds is 4. The maximum atomic E-state index is 5.13. The summed E-state index contributed by atoms with van der Waals surface area (Å²) in [5.41, 5.74) is 2.03. The van der Waals surface area contributed by atoms with E-state index in [1.807, 2.05) is 26.0 Å². The van der Waals surface area contributed by atoms with Crippen LogP contribution in [-0.2, 0) is 0 Å². The molecule has 7 nitrogen and oxygen atoms in total. The maximum absolute atomic E-state index is 5.13. The minimum absolute atomic E-state index is 0.386. The van der Waals surface area contributed by atoms with Crippen LogP contribution in [0.3, 0.4) is 0 Å². The number of piperidine rings is 1. The summed E-state index contributed by atoms with van der Waals surface area (Å²) in [6.45, 7) is 5.88. The predicted molar refractivity (Wildman–Crippen MR) is 88.9 cm³/mol. The summed E-state index contributed by atoms with van der Waals surface area (Å²) >= 11 is 0. The van der Waals surface area contributed by atoms with Gasteiger partial charge in [-0.2, -0.15) is 0 Å². The smallest absolute Gasteiger partial charge is 0.225 e. The van der Waals surface area contributed by atoms with Crippen molar-refractivity contribution in [3.8, 4) is 5.88 Å². The Labute approximate surface area is 136 Å². The lowest BCUT2D eigenvalue weighted by Gasteiger charge is -2.32. The zero-order valence-electron chi connectivity index (χ0n) is 13.8. The first-order valence-corrected chi connectivity index (χ1v) is 7.84. The summed E-state index contributed by atoms with van der Waals surface area (Å²) in [6, 6.07) is 4.21. The van der Waals surface area contributed by atoms with E-state index in [1.165, 1.54) is 6.33 Å². The standard InChI is InChI=1S/C16H22N6O/c1-11-8-12(2)20-16(19-11)22-6-4-13(5-7-22)21-14-9-15(23-3)18-10-17-14/h8-10,13H,4-7H2,1-3H3,(H,17,18,21). The fraction of sp³-hybridized carbons (Fsp3) is 0.500. The molecule has 2 aromatic heterocycles. The maximum Gasteiger partial charge on any atom is 0.225 e. The Bertz CT molecular complexity index is 649. The molecule has 0 aliphatic carbocycles. The Morgan fingerprint density at radius 2 is 1.78 bits per heavy atom. The van der Waals surface area contributed by atoms with Gasteiger partial charge in [0.15, 0.2) is 0 Å². The number of aryl methyl sites for hydroxylation is 2. The van der Waals surface area contributed by atoms with Crippen LogP contribution in [0.4, 0.5) is 11.8 Å². The quantitative estimate of drug-likeness (QED) is 0.924. The molecule has 0 saturated carbocycles. The van der Waals surface area contributed by atoms with Crippen LogP contribution in [0.5, 0.6) is 5.88 Å². The molecule has 122 valence electrons. The summed E-state index contributed by atoms with van der Waals surface area (Å²) < 4.78 is 5.13. The lowest BCUT2D eigenvalue weighted by atomic mass is 10.1. The van der Waals surface area contributed by atoms with E-state index in [9.17, 15) is 0 Å². The number of nitrogens with zero attached hydrogens (tertiary/aromatic N) is 5. The van der Waals surface area contributed by atoms with Crippen molar-refractivity contribution in [1.82, 2.24) is 19.9 Å². The van der Waals surface area contributed by atoms with Crippen molar-refractivity contribution in [3.05, 3.63) is 29.8 Å². The Morgan fingerprint density at radius 1 is 1.09 bits per heavy atom. The molecule has 1 aliphatic heterocycles. The third kappa shape index (κ3) is 3.85. The summed E-state index contributed by atoms with van der Waals surface area (Å²) in [5, 5.41) is 3.45. The van der Waals surface area contributed by atoms with E-state index in [2.05, 4.69) is 30.2 Å². The zero-order valence-corrected chi connectivity index (χ0v) is 13.8. The fourth-order valence-corrected chi connectivity index (χ4v) is 2.81. The molecule has 1 saturated heterocycles. The molecule has 2 aromatic rings. The van der Waals surface area contributed by atoms with Crippen LogP contribution in [0.1, 0.15) is 24.2 Å². The van der Waals surface area contributed by atoms with Gasteiger partial charge in [-0.05, 0) is 32.8 Å². The van der Waals surface area contributed by atoms with Crippen molar-refractivity contribution < 1.29 is 4.74 Å². The summed E-state index contributed by atoms with van der Waals surface area (Å²) in [4.78, 5) is 19.6. The molecule has 0 bridgehead atoms. The van der Waals surface area contributed by atoms with E-state index in [1.54, 1.807) is 7.11 Å². The van der Waals surface area contributed by atoms with Crippen molar-refractivity contribution >= 4 is 11.8 Å². The average molecular weight is 314 g/mol. The summed E-state index contributed by atoms with van der Waals surface area (Å²) in [6.07, 6.45) is 3.55.